The monoisotopic (exact) mass is 339 g/mol. The predicted molar refractivity (Wildman–Crippen MR) is 78.7 cm³/mol. The molecule has 0 aliphatic carbocycles. The lowest BCUT2D eigenvalue weighted by atomic mass is 10.1. The molecule has 11 heteroatoms. The number of anilines is 1. The van der Waals surface area contributed by atoms with E-state index >= 15 is 0 Å². The molecule has 4 rings (SSSR count). The smallest absolute Gasteiger partial charge is 0.280 e. The van der Waals surface area contributed by atoms with Crippen molar-refractivity contribution in [3.8, 4) is 0 Å². The molecule has 1 unspecified atom stereocenters. The van der Waals surface area contributed by atoms with Gasteiger partial charge in [-0.3, -0.25) is 14.3 Å². The molecule has 24 heavy (non-hydrogen) atoms. The van der Waals surface area contributed by atoms with Crippen LogP contribution in [0.1, 0.15) is 13.2 Å². The Kier molecular flexibility index (Phi) is 3.54. The van der Waals surface area contributed by atoms with Crippen LogP contribution in [0.2, 0.25) is 0 Å². The Hall–Kier alpha value is -2.05. The molecule has 6 atom stereocenters. The maximum Gasteiger partial charge on any atom is 0.280 e. The molecule has 2 aromatic rings. The van der Waals surface area contributed by atoms with Crippen molar-refractivity contribution in [3.05, 3.63) is 16.7 Å². The van der Waals surface area contributed by atoms with Crippen LogP contribution in [-0.4, -0.2) is 62.6 Å². The standard InChI is InChI=1S/C13H17N5O6/c1-4(19)6-7-8(24-13(21-2)23-7)11(22-6)18-3-15-5-9(18)16-12(14)17-10(5)20/h3-4,6-8,11,13,19H,1-2H3,(H3,14,16,17,20)/t4-,6-,7-,8-,11-,13?/m1/s1. The van der Waals surface area contributed by atoms with Crippen LogP contribution in [0.15, 0.2) is 11.1 Å². The van der Waals surface area contributed by atoms with Crippen molar-refractivity contribution < 1.29 is 24.1 Å². The fourth-order valence-corrected chi connectivity index (χ4v) is 3.11. The summed E-state index contributed by atoms with van der Waals surface area (Å²) in [6.45, 7) is 0.740. The van der Waals surface area contributed by atoms with Gasteiger partial charge in [-0.05, 0) is 6.92 Å². The Balaban J connectivity index is 1.77. The van der Waals surface area contributed by atoms with E-state index in [0.29, 0.717) is 0 Å². The molecule has 4 N–H and O–H groups in total. The van der Waals surface area contributed by atoms with Crippen LogP contribution in [0, 0.1) is 0 Å². The number of imidazole rings is 1. The number of aliphatic hydroxyl groups is 1. The number of rotatable bonds is 3. The molecule has 0 spiro atoms. The number of H-pyrrole nitrogens is 1. The van der Waals surface area contributed by atoms with Crippen molar-refractivity contribution in [1.82, 2.24) is 19.5 Å². The SMILES string of the molecule is COC1O[C@H]2[C@@H](O1)[C@H](n1cnc3c(=O)[nH]c(N)nc31)O[C@@H]2[C@@H](C)O. The number of nitrogens with zero attached hydrogens (tertiary/aromatic N) is 3. The van der Waals surface area contributed by atoms with Crippen LogP contribution in [0.4, 0.5) is 5.95 Å². The fraction of sp³-hybridized carbons (Fsp3) is 0.615. The van der Waals surface area contributed by atoms with Gasteiger partial charge in [-0.1, -0.05) is 0 Å². The number of ether oxygens (including phenoxy) is 4. The first-order chi connectivity index (χ1) is 11.5. The highest BCUT2D eigenvalue weighted by molar-refractivity contribution is 5.70. The number of methoxy groups -OCH3 is 1. The minimum absolute atomic E-state index is 0.0331. The summed E-state index contributed by atoms with van der Waals surface area (Å²) in [4.78, 5) is 22.5. The molecule has 0 radical (unpaired) electrons. The van der Waals surface area contributed by atoms with E-state index in [9.17, 15) is 9.90 Å². The first-order valence-corrected chi connectivity index (χ1v) is 7.39. The molecule has 2 aromatic heterocycles. The van der Waals surface area contributed by atoms with Crippen molar-refractivity contribution >= 4 is 17.1 Å². The minimum atomic E-state index is -0.858. The highest BCUT2D eigenvalue weighted by Crippen LogP contribution is 2.41. The molecule has 11 nitrogen and oxygen atoms in total. The summed E-state index contributed by atoms with van der Waals surface area (Å²) in [6, 6.07) is 0. The summed E-state index contributed by atoms with van der Waals surface area (Å²) in [5.74, 6) is -0.0331. The van der Waals surface area contributed by atoms with Crippen molar-refractivity contribution in [3.63, 3.8) is 0 Å². The Labute approximate surface area is 135 Å². The van der Waals surface area contributed by atoms with Crippen LogP contribution >= 0.6 is 0 Å². The number of nitrogen functional groups attached to an aromatic ring is 1. The van der Waals surface area contributed by atoms with Gasteiger partial charge in [0.25, 0.3) is 12.0 Å². The van der Waals surface area contributed by atoms with Gasteiger partial charge in [0.1, 0.15) is 18.3 Å². The summed E-state index contributed by atoms with van der Waals surface area (Å²) in [5, 5.41) is 9.96. The van der Waals surface area contributed by atoms with Crippen molar-refractivity contribution in [2.24, 2.45) is 0 Å². The number of nitrogens with one attached hydrogen (secondary N) is 1. The van der Waals surface area contributed by atoms with Crippen LogP contribution in [0.3, 0.4) is 0 Å². The lowest BCUT2D eigenvalue weighted by Crippen LogP contribution is -2.36. The Bertz CT molecular complexity index is 819. The molecule has 2 aliphatic rings. The van der Waals surface area contributed by atoms with Gasteiger partial charge in [0.05, 0.1) is 12.4 Å². The highest BCUT2D eigenvalue weighted by atomic mass is 16.9. The normalized spacial score (nSPS) is 33.9. The summed E-state index contributed by atoms with van der Waals surface area (Å²) in [6.07, 6.45) is -1.79. The third-order valence-electron chi connectivity index (χ3n) is 4.15. The van der Waals surface area contributed by atoms with Gasteiger partial charge in [0.15, 0.2) is 17.4 Å². The molecule has 0 saturated carbocycles. The van der Waals surface area contributed by atoms with Gasteiger partial charge in [-0.15, -0.1) is 0 Å². The lowest BCUT2D eigenvalue weighted by molar-refractivity contribution is -0.259. The zero-order chi connectivity index (χ0) is 17.0. The third kappa shape index (κ3) is 2.21. The number of fused-ring (bicyclic) bond motifs is 2. The molecule has 4 heterocycles. The van der Waals surface area contributed by atoms with Crippen LogP contribution in [0.25, 0.3) is 11.2 Å². The predicted octanol–water partition coefficient (Wildman–Crippen LogP) is -1.31. The first-order valence-electron chi connectivity index (χ1n) is 7.39. The summed E-state index contributed by atoms with van der Waals surface area (Å²) in [5.41, 5.74) is 5.56. The zero-order valence-corrected chi connectivity index (χ0v) is 12.9. The van der Waals surface area contributed by atoms with E-state index < -0.39 is 42.7 Å². The molecule has 0 aromatic carbocycles. The molecular weight excluding hydrogens is 322 g/mol. The molecule has 2 aliphatic heterocycles. The van der Waals surface area contributed by atoms with E-state index in [1.807, 2.05) is 0 Å². The van der Waals surface area contributed by atoms with E-state index in [4.69, 9.17) is 24.7 Å². The van der Waals surface area contributed by atoms with E-state index in [1.54, 1.807) is 11.5 Å². The Morgan fingerprint density at radius 2 is 2.17 bits per heavy atom. The van der Waals surface area contributed by atoms with Gasteiger partial charge >= 0.3 is 0 Å². The van der Waals surface area contributed by atoms with Gasteiger partial charge in [-0.25, -0.2) is 4.98 Å². The van der Waals surface area contributed by atoms with Gasteiger partial charge in [0, 0.05) is 7.11 Å². The number of aliphatic hydroxyl groups excluding tert-OH is 1. The Morgan fingerprint density at radius 3 is 2.88 bits per heavy atom. The van der Waals surface area contributed by atoms with Crippen LogP contribution in [-0.2, 0) is 18.9 Å². The topological polar surface area (TPSA) is 147 Å². The third-order valence-corrected chi connectivity index (χ3v) is 4.15. The molecule has 0 bridgehead atoms. The molecular formula is C13H17N5O6. The first kappa shape index (κ1) is 15.5. The second-order valence-corrected chi connectivity index (χ2v) is 5.73. The van der Waals surface area contributed by atoms with E-state index in [0.717, 1.165) is 0 Å². The van der Waals surface area contributed by atoms with Gasteiger partial charge in [-0.2, -0.15) is 4.98 Å². The number of aromatic amines is 1. The largest absolute Gasteiger partial charge is 0.391 e. The van der Waals surface area contributed by atoms with E-state index in [-0.39, 0.29) is 17.1 Å². The van der Waals surface area contributed by atoms with Crippen LogP contribution in [0.5, 0.6) is 0 Å². The summed E-state index contributed by atoms with van der Waals surface area (Å²) < 4.78 is 23.8. The average molecular weight is 339 g/mol. The van der Waals surface area contributed by atoms with Gasteiger partial charge < -0.3 is 29.8 Å². The molecule has 2 saturated heterocycles. The number of hydrogen-bond acceptors (Lipinski definition) is 9. The summed E-state index contributed by atoms with van der Waals surface area (Å²) in [7, 11) is 1.45. The molecule has 2 fully saturated rings. The van der Waals surface area contributed by atoms with Crippen molar-refractivity contribution in [1.29, 1.82) is 0 Å². The maximum absolute atomic E-state index is 11.9. The quantitative estimate of drug-likeness (QED) is 0.620. The van der Waals surface area contributed by atoms with Gasteiger partial charge in [0.2, 0.25) is 5.95 Å². The van der Waals surface area contributed by atoms with E-state index in [2.05, 4.69) is 15.0 Å². The van der Waals surface area contributed by atoms with E-state index in [1.165, 1.54) is 13.4 Å². The average Bonchev–Trinajstić information content (AvgIpc) is 3.18. The lowest BCUT2D eigenvalue weighted by Gasteiger charge is -2.21. The maximum atomic E-state index is 11.9. The fourth-order valence-electron chi connectivity index (χ4n) is 3.11. The second-order valence-electron chi connectivity index (χ2n) is 5.73. The Morgan fingerprint density at radius 1 is 1.42 bits per heavy atom. The number of nitrogens with two attached hydrogens (primary N) is 1. The van der Waals surface area contributed by atoms with Crippen molar-refractivity contribution in [2.45, 2.75) is 44.0 Å². The number of aromatic nitrogens is 4. The summed E-state index contributed by atoms with van der Waals surface area (Å²) >= 11 is 0. The highest BCUT2D eigenvalue weighted by Gasteiger charge is 2.55. The van der Waals surface area contributed by atoms with Crippen LogP contribution < -0.4 is 11.3 Å². The zero-order valence-electron chi connectivity index (χ0n) is 12.9. The second kappa shape index (κ2) is 5.50. The number of hydrogen-bond donors (Lipinski definition) is 3. The minimum Gasteiger partial charge on any atom is -0.391 e. The molecule has 0 amide bonds. The molecule has 130 valence electrons. The van der Waals surface area contributed by atoms with Crippen molar-refractivity contribution in [2.75, 3.05) is 12.8 Å².